The average molecular weight is 452 g/mol. The first-order valence-corrected chi connectivity index (χ1v) is 11.8. The third-order valence-corrected chi connectivity index (χ3v) is 6.82. The van der Waals surface area contributed by atoms with Gasteiger partial charge in [-0.3, -0.25) is 9.69 Å². The highest BCUT2D eigenvalue weighted by Crippen LogP contribution is 2.19. The molecular formula is C21H26ClN3O4S. The summed E-state index contributed by atoms with van der Waals surface area (Å²) in [5.41, 5.74) is 1.81. The number of carbonyl (C=O) groups is 1. The molecule has 1 heterocycles. The number of hydrogen-bond acceptors (Lipinski definition) is 6. The predicted octanol–water partition coefficient (Wildman–Crippen LogP) is 2.52. The Morgan fingerprint density at radius 2 is 1.73 bits per heavy atom. The normalized spacial score (nSPS) is 14.7. The molecule has 0 atom stereocenters. The minimum atomic E-state index is -3.43. The van der Waals surface area contributed by atoms with Crippen molar-refractivity contribution in [3.63, 3.8) is 0 Å². The number of benzene rings is 2. The number of carbonyl (C=O) groups excluding carboxylic acids is 1. The van der Waals surface area contributed by atoms with Crippen molar-refractivity contribution >= 4 is 38.7 Å². The molecule has 0 spiro atoms. The zero-order chi connectivity index (χ0) is 21.6. The fraction of sp³-hybridized carbons (Fsp3) is 0.381. The maximum absolute atomic E-state index is 12.4. The van der Waals surface area contributed by atoms with E-state index in [2.05, 4.69) is 10.2 Å². The molecule has 2 aromatic carbocycles. The summed E-state index contributed by atoms with van der Waals surface area (Å²) in [7, 11) is -1.71. The maximum atomic E-state index is 12.4. The van der Waals surface area contributed by atoms with Crippen molar-refractivity contribution in [1.29, 1.82) is 0 Å². The van der Waals surface area contributed by atoms with Gasteiger partial charge >= 0.3 is 0 Å². The van der Waals surface area contributed by atoms with E-state index in [-0.39, 0.29) is 29.6 Å². The molecule has 1 fully saturated rings. The van der Waals surface area contributed by atoms with E-state index in [9.17, 15) is 13.2 Å². The van der Waals surface area contributed by atoms with Crippen molar-refractivity contribution in [2.24, 2.45) is 0 Å². The molecule has 0 bridgehead atoms. The number of hydrogen-bond donors (Lipinski definition) is 1. The quantitative estimate of drug-likeness (QED) is 0.664. The van der Waals surface area contributed by atoms with Gasteiger partial charge in [0.15, 0.2) is 9.84 Å². The Morgan fingerprint density at radius 1 is 1.10 bits per heavy atom. The molecule has 1 aliphatic rings. The van der Waals surface area contributed by atoms with Gasteiger partial charge in [0.25, 0.3) is 0 Å². The molecule has 30 heavy (non-hydrogen) atoms. The summed E-state index contributed by atoms with van der Waals surface area (Å²) in [6.45, 7) is 3.50. The Hall–Kier alpha value is -2.13. The van der Waals surface area contributed by atoms with Crippen LogP contribution < -0.4 is 10.2 Å². The first kappa shape index (κ1) is 22.6. The van der Waals surface area contributed by atoms with Gasteiger partial charge in [-0.05, 0) is 55.6 Å². The van der Waals surface area contributed by atoms with Crippen LogP contribution in [0.15, 0.2) is 53.4 Å². The standard InChI is InChI=1S/C21H26ClN3O4S/c1-24(12-15-30(27,28)20-8-2-17(22)3-9-20)16-21(26)23-18-4-6-19(7-5-18)25-10-13-29-14-11-25/h2-9H,10-16H2,1H3,(H,23,26). The smallest absolute Gasteiger partial charge is 0.238 e. The molecule has 1 amide bonds. The number of amides is 1. The van der Waals surface area contributed by atoms with E-state index in [0.29, 0.717) is 10.7 Å². The van der Waals surface area contributed by atoms with Crippen LogP contribution in [0.1, 0.15) is 0 Å². The van der Waals surface area contributed by atoms with Crippen LogP contribution in [0, 0.1) is 0 Å². The first-order valence-electron chi connectivity index (χ1n) is 9.73. The van der Waals surface area contributed by atoms with Gasteiger partial charge in [-0.15, -0.1) is 0 Å². The second kappa shape index (κ2) is 10.3. The second-order valence-corrected chi connectivity index (χ2v) is 9.75. The Balaban J connectivity index is 1.46. The molecule has 1 saturated heterocycles. The fourth-order valence-electron chi connectivity index (χ4n) is 3.14. The molecule has 7 nitrogen and oxygen atoms in total. The van der Waals surface area contributed by atoms with E-state index in [0.717, 1.165) is 32.0 Å². The molecule has 0 radical (unpaired) electrons. The summed E-state index contributed by atoms with van der Waals surface area (Å²) in [6, 6.07) is 13.8. The number of likely N-dealkylation sites (N-methyl/N-ethyl adjacent to an activating group) is 1. The van der Waals surface area contributed by atoms with Crippen LogP contribution in [0.25, 0.3) is 0 Å². The zero-order valence-electron chi connectivity index (χ0n) is 16.9. The molecule has 162 valence electrons. The molecule has 0 aliphatic carbocycles. The number of sulfone groups is 1. The van der Waals surface area contributed by atoms with Crippen LogP contribution in [0.3, 0.4) is 0 Å². The summed E-state index contributed by atoms with van der Waals surface area (Å²) in [6.07, 6.45) is 0. The van der Waals surface area contributed by atoms with Crippen LogP contribution in [0.4, 0.5) is 11.4 Å². The van der Waals surface area contributed by atoms with E-state index in [1.807, 2.05) is 24.3 Å². The van der Waals surface area contributed by atoms with Gasteiger partial charge in [0.05, 0.1) is 30.4 Å². The number of ether oxygens (including phenoxy) is 1. The lowest BCUT2D eigenvalue weighted by molar-refractivity contribution is -0.117. The SMILES string of the molecule is CN(CCS(=O)(=O)c1ccc(Cl)cc1)CC(=O)Nc1ccc(N2CCOCC2)cc1. The number of rotatable bonds is 8. The Labute approximate surface area is 182 Å². The minimum absolute atomic E-state index is 0.0767. The summed E-state index contributed by atoms with van der Waals surface area (Å²) in [4.78, 5) is 16.5. The first-order chi connectivity index (χ1) is 14.3. The van der Waals surface area contributed by atoms with Crippen molar-refractivity contribution < 1.29 is 17.9 Å². The number of nitrogens with zero attached hydrogens (tertiary/aromatic N) is 2. The third-order valence-electron chi connectivity index (χ3n) is 4.86. The molecular weight excluding hydrogens is 426 g/mol. The fourth-order valence-corrected chi connectivity index (χ4v) is 4.60. The summed E-state index contributed by atoms with van der Waals surface area (Å²) in [5, 5.41) is 3.34. The molecule has 0 saturated carbocycles. The Bertz CT molecular complexity index is 943. The van der Waals surface area contributed by atoms with E-state index in [4.69, 9.17) is 16.3 Å². The van der Waals surface area contributed by atoms with E-state index in [1.54, 1.807) is 24.1 Å². The number of morpholine rings is 1. The highest BCUT2D eigenvalue weighted by Gasteiger charge is 2.17. The summed E-state index contributed by atoms with van der Waals surface area (Å²) >= 11 is 5.81. The predicted molar refractivity (Wildman–Crippen MR) is 119 cm³/mol. The average Bonchev–Trinajstić information content (AvgIpc) is 2.74. The molecule has 0 unspecified atom stereocenters. The molecule has 9 heteroatoms. The van der Waals surface area contributed by atoms with Crippen LogP contribution in [0.5, 0.6) is 0 Å². The Morgan fingerprint density at radius 3 is 2.37 bits per heavy atom. The molecule has 3 rings (SSSR count). The van der Waals surface area contributed by atoms with Gasteiger partial charge in [0.2, 0.25) is 5.91 Å². The van der Waals surface area contributed by atoms with Gasteiger partial charge in [-0.2, -0.15) is 0 Å². The largest absolute Gasteiger partial charge is 0.378 e. The highest BCUT2D eigenvalue weighted by atomic mass is 35.5. The van der Waals surface area contributed by atoms with Crippen LogP contribution >= 0.6 is 11.6 Å². The van der Waals surface area contributed by atoms with E-state index in [1.165, 1.54) is 12.1 Å². The highest BCUT2D eigenvalue weighted by molar-refractivity contribution is 7.91. The van der Waals surface area contributed by atoms with Gasteiger partial charge in [-0.25, -0.2) is 8.42 Å². The van der Waals surface area contributed by atoms with Crippen molar-refractivity contribution in [3.05, 3.63) is 53.6 Å². The van der Waals surface area contributed by atoms with Gasteiger partial charge in [0.1, 0.15) is 0 Å². The van der Waals surface area contributed by atoms with Gasteiger partial charge < -0.3 is 15.0 Å². The van der Waals surface area contributed by atoms with Gasteiger partial charge in [0, 0.05) is 36.0 Å². The number of halogens is 1. The van der Waals surface area contributed by atoms with E-state index < -0.39 is 9.84 Å². The van der Waals surface area contributed by atoms with Crippen molar-refractivity contribution in [1.82, 2.24) is 4.90 Å². The monoisotopic (exact) mass is 451 g/mol. The van der Waals surface area contributed by atoms with Crippen LogP contribution in [0.2, 0.25) is 5.02 Å². The number of anilines is 2. The lowest BCUT2D eigenvalue weighted by Gasteiger charge is -2.28. The lowest BCUT2D eigenvalue weighted by Crippen LogP contribution is -2.36. The van der Waals surface area contributed by atoms with Crippen LogP contribution in [-0.4, -0.2) is 71.4 Å². The third kappa shape index (κ3) is 6.43. The molecule has 1 N–H and O–H groups in total. The van der Waals surface area contributed by atoms with E-state index >= 15 is 0 Å². The molecule has 0 aromatic heterocycles. The van der Waals surface area contributed by atoms with Crippen molar-refractivity contribution in [2.45, 2.75) is 4.90 Å². The summed E-state index contributed by atoms with van der Waals surface area (Å²) in [5.74, 6) is -0.271. The van der Waals surface area contributed by atoms with Crippen molar-refractivity contribution in [3.8, 4) is 0 Å². The maximum Gasteiger partial charge on any atom is 0.238 e. The molecule has 1 aliphatic heterocycles. The number of nitrogens with one attached hydrogen (secondary N) is 1. The molecule has 2 aromatic rings. The topological polar surface area (TPSA) is 79.0 Å². The van der Waals surface area contributed by atoms with Crippen LogP contribution in [-0.2, 0) is 19.4 Å². The van der Waals surface area contributed by atoms with Crippen molar-refractivity contribution in [2.75, 3.05) is 62.4 Å². The minimum Gasteiger partial charge on any atom is -0.378 e. The second-order valence-electron chi connectivity index (χ2n) is 7.21. The zero-order valence-corrected chi connectivity index (χ0v) is 18.5. The Kier molecular flexibility index (Phi) is 7.71. The summed E-state index contributed by atoms with van der Waals surface area (Å²) < 4.78 is 30.2. The van der Waals surface area contributed by atoms with Gasteiger partial charge in [-0.1, -0.05) is 11.6 Å². The lowest BCUT2D eigenvalue weighted by atomic mass is 10.2.